The van der Waals surface area contributed by atoms with E-state index in [0.717, 1.165) is 6.92 Å². The molecule has 0 aliphatic carbocycles. The molecule has 0 N–H and O–H groups in total. The van der Waals surface area contributed by atoms with Crippen molar-refractivity contribution in [2.45, 2.75) is 56.3 Å². The normalized spacial score (nSPS) is 15.0. The fraction of sp³-hybridized carbons (Fsp3) is 0.917. The Labute approximate surface area is 152 Å². The van der Waals surface area contributed by atoms with Crippen molar-refractivity contribution in [1.82, 2.24) is 0 Å². The first-order valence-corrected chi connectivity index (χ1v) is 7.21. The molecule has 0 saturated carbocycles. The maximum atomic E-state index is 13.3. The summed E-state index contributed by atoms with van der Waals surface area (Å²) in [6, 6.07) is 0. The molecule has 0 aromatic heterocycles. The van der Waals surface area contributed by atoms with Crippen molar-refractivity contribution >= 4 is 15.5 Å². The van der Waals surface area contributed by atoms with Crippen LogP contribution in [0.15, 0.2) is 0 Å². The summed E-state index contributed by atoms with van der Waals surface area (Å²) in [6.07, 6.45) is -5.62. The Morgan fingerprint density at radius 3 is 1.57 bits per heavy atom. The number of halogens is 13. The molecule has 1 unspecified atom stereocenters. The van der Waals surface area contributed by atoms with E-state index in [9.17, 15) is 61.7 Å². The average Bonchev–Trinajstić information content (AvgIpc) is 2.59. The lowest BCUT2D eigenvalue weighted by Crippen LogP contribution is -2.69. The summed E-state index contributed by atoms with van der Waals surface area (Å²) in [5.74, 6) is -38.5. The van der Waals surface area contributed by atoms with Gasteiger partial charge < -0.3 is 18.5 Å². The molecule has 0 aromatic carbocycles. The number of rotatable bonds is 9. The van der Waals surface area contributed by atoms with Gasteiger partial charge in [-0.2, -0.15) is 43.9 Å². The highest BCUT2D eigenvalue weighted by atomic mass is 31.1. The maximum absolute atomic E-state index is 13.3. The maximum Gasteiger partial charge on any atom is 0.384 e. The second-order valence-corrected chi connectivity index (χ2v) is 5.27. The molecule has 0 fully saturated rings. The molecule has 0 saturated heterocycles. The van der Waals surface area contributed by atoms with Gasteiger partial charge in [0.2, 0.25) is 0 Å². The molecule has 16 heteroatoms. The highest BCUT2D eigenvalue weighted by Gasteiger charge is 2.87. The van der Waals surface area contributed by atoms with E-state index < -0.39 is 54.5 Å². The van der Waals surface area contributed by atoms with Gasteiger partial charge in [-0.05, 0) is 6.42 Å². The number of carbonyl (C=O) groups excluding carboxylic acids is 1. The Hall–Kier alpha value is -1.01. The van der Waals surface area contributed by atoms with Gasteiger partial charge >= 0.3 is 42.0 Å². The van der Waals surface area contributed by atoms with Crippen LogP contribution in [0.25, 0.3) is 0 Å². The van der Waals surface area contributed by atoms with Crippen LogP contribution >= 0.6 is 9.55 Å². The lowest BCUT2D eigenvalue weighted by atomic mass is 9.94. The van der Waals surface area contributed by atoms with E-state index in [-0.39, 0.29) is 6.42 Å². The minimum Gasteiger partial charge on any atom is -0.471 e. The first kappa shape index (κ1) is 29.2. The lowest BCUT2D eigenvalue weighted by Gasteiger charge is -2.38. The third-order valence-electron chi connectivity index (χ3n) is 3.35. The van der Waals surface area contributed by atoms with Crippen molar-refractivity contribution in [2.24, 2.45) is 5.92 Å². The van der Waals surface area contributed by atoms with Crippen molar-refractivity contribution in [3.63, 3.8) is 0 Å². The minimum absolute atomic E-state index is 0.0599. The molecule has 0 rings (SSSR count). The Morgan fingerprint density at radius 2 is 1.25 bits per heavy atom. The Kier molecular flexibility index (Phi) is 10.1. The van der Waals surface area contributed by atoms with Crippen molar-refractivity contribution in [3.8, 4) is 0 Å². The zero-order chi connectivity index (χ0) is 23.4. The number of hydrogen-bond donors (Lipinski definition) is 0. The predicted octanol–water partition coefficient (Wildman–Crippen LogP) is 6.03. The number of esters is 1. The first-order chi connectivity index (χ1) is 12.3. The molecule has 2 nitrogen and oxygen atoms in total. The van der Waals surface area contributed by atoms with Crippen molar-refractivity contribution < 1.29 is 66.4 Å². The lowest BCUT2D eigenvalue weighted by molar-refractivity contribution is -0.414. The molecule has 0 aliphatic heterocycles. The van der Waals surface area contributed by atoms with E-state index in [1.807, 2.05) is 0 Å². The highest BCUT2D eigenvalue weighted by molar-refractivity contribution is 7.09. The second-order valence-electron chi connectivity index (χ2n) is 5.27. The summed E-state index contributed by atoms with van der Waals surface area (Å²) >= 11 is 0. The largest absolute Gasteiger partial charge is 0.471 e. The first-order valence-electron chi connectivity index (χ1n) is 6.84. The highest BCUT2D eigenvalue weighted by Crippen LogP contribution is 2.58. The van der Waals surface area contributed by atoms with E-state index in [0.29, 0.717) is 0 Å². The molecule has 0 spiro atoms. The van der Waals surface area contributed by atoms with Crippen LogP contribution in [0.4, 0.5) is 56.9 Å². The van der Waals surface area contributed by atoms with Crippen LogP contribution < -0.4 is 0 Å². The van der Waals surface area contributed by atoms with Crippen LogP contribution in [-0.4, -0.2) is 48.6 Å². The summed E-state index contributed by atoms with van der Waals surface area (Å²) in [5, 5.41) is 0. The van der Waals surface area contributed by atoms with Crippen LogP contribution in [0.3, 0.4) is 0 Å². The summed E-state index contributed by atoms with van der Waals surface area (Å²) in [6.45, 7) is -0.487. The van der Waals surface area contributed by atoms with Crippen molar-refractivity contribution in [1.29, 1.82) is 0 Å². The van der Waals surface area contributed by atoms with Crippen LogP contribution in [0.1, 0.15) is 20.3 Å². The van der Waals surface area contributed by atoms with Crippen LogP contribution in [0, 0.1) is 5.92 Å². The monoisotopic (exact) mass is 467 g/mol. The Bertz CT molecular complexity index is 510. The summed E-state index contributed by atoms with van der Waals surface area (Å²) in [7, 11) is 1.47. The Morgan fingerprint density at radius 1 is 0.857 bits per heavy atom. The number of alkyl halides is 12. The van der Waals surface area contributed by atoms with Crippen LogP contribution in [0.5, 0.6) is 0 Å². The van der Waals surface area contributed by atoms with Crippen molar-refractivity contribution in [3.05, 3.63) is 0 Å². The molecule has 1 atom stereocenters. The molecular formula is C12H13F13O2P-. The van der Waals surface area contributed by atoms with Gasteiger partial charge in [0.15, 0.2) is 6.61 Å². The zero-order valence-corrected chi connectivity index (χ0v) is 14.8. The summed E-state index contributed by atoms with van der Waals surface area (Å²) in [5.41, 5.74) is 0. The fourth-order valence-corrected chi connectivity index (χ4v) is 1.33. The molecule has 0 aliphatic rings. The van der Waals surface area contributed by atoms with Gasteiger partial charge in [0.25, 0.3) is 0 Å². The molecular weight excluding hydrogens is 454 g/mol. The van der Waals surface area contributed by atoms with E-state index in [4.69, 9.17) is 0 Å². The molecule has 170 valence electrons. The average molecular weight is 467 g/mol. The van der Waals surface area contributed by atoms with Crippen LogP contribution in [0.2, 0.25) is 0 Å². The number of hydrogen-bond acceptors (Lipinski definition) is 2. The molecule has 28 heavy (non-hydrogen) atoms. The topological polar surface area (TPSA) is 26.3 Å². The van der Waals surface area contributed by atoms with Crippen LogP contribution in [-0.2, 0) is 9.53 Å². The van der Waals surface area contributed by atoms with Gasteiger partial charge in [-0.25, -0.2) is 8.78 Å². The second kappa shape index (κ2) is 9.66. The standard InChI is InChI=1S/C12H12F12O2.FHP/c1-3-5(2)6(25)26-4-8(15,16)10(19,20)12(23,24)11(21,22)9(17,18)7(13)14;1-2/h5,7H,3-4H2,1-2H3;2H/q;-1. The van der Waals surface area contributed by atoms with E-state index in [1.165, 1.54) is 16.5 Å². The van der Waals surface area contributed by atoms with Gasteiger partial charge in [-0.15, -0.1) is 0 Å². The third-order valence-corrected chi connectivity index (χ3v) is 3.35. The van der Waals surface area contributed by atoms with Gasteiger partial charge in [-0.3, -0.25) is 4.79 Å². The fourth-order valence-electron chi connectivity index (χ4n) is 1.33. The van der Waals surface area contributed by atoms with E-state index in [2.05, 4.69) is 4.74 Å². The summed E-state index contributed by atoms with van der Waals surface area (Å²) < 4.78 is 167. The van der Waals surface area contributed by atoms with Gasteiger partial charge in [0.05, 0.1) is 5.92 Å². The van der Waals surface area contributed by atoms with Gasteiger partial charge in [-0.1, -0.05) is 13.8 Å². The molecule has 0 bridgehead atoms. The van der Waals surface area contributed by atoms with Gasteiger partial charge in [0.1, 0.15) is 0 Å². The number of carbonyl (C=O) groups is 1. The quantitative estimate of drug-likeness (QED) is 0.235. The van der Waals surface area contributed by atoms with Gasteiger partial charge in [0, 0.05) is 0 Å². The summed E-state index contributed by atoms with van der Waals surface area (Å²) in [4.78, 5) is 11.1. The predicted molar refractivity (Wildman–Crippen MR) is 70.6 cm³/mol. The van der Waals surface area contributed by atoms with E-state index >= 15 is 0 Å². The number of ether oxygens (including phenoxy) is 1. The molecule has 0 amide bonds. The third kappa shape index (κ3) is 5.12. The molecule has 0 radical (unpaired) electrons. The van der Waals surface area contributed by atoms with Crippen molar-refractivity contribution in [2.75, 3.05) is 6.61 Å². The van der Waals surface area contributed by atoms with E-state index in [1.54, 1.807) is 0 Å². The Balaban J connectivity index is 0. The molecule has 0 aromatic rings. The SMILES string of the molecule is CCC(C)C(=O)OCC(F)(F)C(F)(F)C(F)(F)C(F)(F)C(F)(F)C(F)F.F[PH-]. The molecule has 0 heterocycles. The minimum atomic E-state index is -7.62. The zero-order valence-electron chi connectivity index (χ0n) is 13.8. The smallest absolute Gasteiger partial charge is 0.384 e.